The van der Waals surface area contributed by atoms with Gasteiger partial charge in [-0.1, -0.05) is 6.42 Å². The van der Waals surface area contributed by atoms with Gasteiger partial charge < -0.3 is 16.0 Å². The molecule has 3 fully saturated rings. The molecule has 0 aromatic rings. The van der Waals surface area contributed by atoms with Crippen LogP contribution in [0.2, 0.25) is 0 Å². The van der Waals surface area contributed by atoms with Gasteiger partial charge in [0.05, 0.1) is 6.17 Å². The highest BCUT2D eigenvalue weighted by Crippen LogP contribution is 2.39. The van der Waals surface area contributed by atoms with Crippen LogP contribution in [0.3, 0.4) is 0 Å². The van der Waals surface area contributed by atoms with E-state index < -0.39 is 24.5 Å². The zero-order valence-electron chi connectivity index (χ0n) is 19.6. The first-order valence-electron chi connectivity index (χ1n) is 12.1. The van der Waals surface area contributed by atoms with Gasteiger partial charge in [-0.05, 0) is 58.4 Å². The maximum absolute atomic E-state index is 12.9. The number of fused-ring (bicyclic) bond motifs is 1. The Morgan fingerprint density at radius 2 is 2.03 bits per heavy atom. The van der Waals surface area contributed by atoms with Gasteiger partial charge in [-0.15, -0.1) is 0 Å². The molecule has 3 aliphatic rings. The average Bonchev–Trinajstić information content (AvgIpc) is 3.15. The Hall–Kier alpha value is -0.940. The minimum atomic E-state index is -4.40. The summed E-state index contributed by atoms with van der Waals surface area (Å²) in [5.74, 6) is 0.0760. The number of carbonyl (C=O) groups is 1. The van der Waals surface area contributed by atoms with Crippen molar-refractivity contribution in [2.75, 3.05) is 39.8 Å². The normalized spacial score (nSPS) is 34.2. The number of halogens is 3. The third kappa shape index (κ3) is 6.56. The second-order valence-electron chi connectivity index (χ2n) is 10.3. The van der Waals surface area contributed by atoms with Gasteiger partial charge in [-0.25, -0.2) is 5.01 Å². The zero-order chi connectivity index (χ0) is 23.5. The average molecular weight is 463 g/mol. The van der Waals surface area contributed by atoms with Crippen molar-refractivity contribution in [1.29, 1.82) is 0 Å². The Kier molecular flexibility index (Phi) is 8.82. The Morgan fingerprint density at radius 1 is 1.28 bits per heavy atom. The molecule has 1 saturated carbocycles. The predicted molar refractivity (Wildman–Crippen MR) is 118 cm³/mol. The largest absolute Gasteiger partial charge is 0.405 e. The van der Waals surface area contributed by atoms with E-state index in [1.54, 1.807) is 0 Å². The fourth-order valence-corrected chi connectivity index (χ4v) is 6.00. The molecule has 5 N–H and O–H groups in total. The maximum Gasteiger partial charge on any atom is 0.405 e. The van der Waals surface area contributed by atoms with E-state index in [0.29, 0.717) is 31.3 Å². The van der Waals surface area contributed by atoms with Crippen LogP contribution in [0.5, 0.6) is 0 Å². The van der Waals surface area contributed by atoms with Crippen molar-refractivity contribution in [2.24, 2.45) is 29.4 Å². The lowest BCUT2D eigenvalue weighted by molar-refractivity contribution is -0.143. The van der Waals surface area contributed by atoms with Gasteiger partial charge in [0.2, 0.25) is 5.91 Å². The number of likely N-dealkylation sites (N-methyl/N-ethyl adjacent to an activating group) is 1. The first kappa shape index (κ1) is 25.7. The molecule has 0 aromatic heterocycles. The molecule has 1 aliphatic carbocycles. The first-order chi connectivity index (χ1) is 15.1. The standard InChI is InChI=1S/C22H41F3N6O/c1-14(2)31-20-18(11-28-31)17(21(32)27-13-22(23,24)25)10-19(29-20)16-6-4-5-15(9-16)12-30(3)8-7-26/h14-20,28-29H,4-13,26H2,1-3H3,(H,27,32). The second kappa shape index (κ2) is 11.0. The van der Waals surface area contributed by atoms with Gasteiger partial charge in [0.25, 0.3) is 0 Å². The molecule has 3 rings (SSSR count). The minimum absolute atomic E-state index is 0.0445. The molecule has 186 valence electrons. The van der Waals surface area contributed by atoms with Gasteiger partial charge in [-0.3, -0.25) is 15.5 Å². The molecular weight excluding hydrogens is 421 g/mol. The monoisotopic (exact) mass is 462 g/mol. The van der Waals surface area contributed by atoms with Gasteiger partial charge >= 0.3 is 6.18 Å². The molecule has 6 atom stereocenters. The minimum Gasteiger partial charge on any atom is -0.347 e. The summed E-state index contributed by atoms with van der Waals surface area (Å²) in [6, 6.07) is 0.348. The van der Waals surface area contributed by atoms with Crippen LogP contribution in [0.1, 0.15) is 46.0 Å². The number of carbonyl (C=O) groups excluding carboxylic acids is 1. The number of rotatable bonds is 8. The number of piperidine rings is 1. The van der Waals surface area contributed by atoms with Crippen molar-refractivity contribution in [3.8, 4) is 0 Å². The number of hydrogen-bond donors (Lipinski definition) is 4. The molecule has 2 saturated heterocycles. The van der Waals surface area contributed by atoms with E-state index in [2.05, 4.69) is 46.9 Å². The van der Waals surface area contributed by atoms with E-state index in [1.165, 1.54) is 6.42 Å². The second-order valence-corrected chi connectivity index (χ2v) is 10.3. The van der Waals surface area contributed by atoms with Gasteiger partial charge in [0, 0.05) is 50.1 Å². The SMILES string of the molecule is CC(C)N1NCC2C(C(=O)NCC(F)(F)F)CC(C3CCCC(CN(C)CCN)C3)NC21. The molecule has 2 heterocycles. The fraction of sp³-hybridized carbons (Fsp3) is 0.955. The van der Waals surface area contributed by atoms with E-state index in [9.17, 15) is 18.0 Å². The molecule has 10 heteroatoms. The number of hydrazine groups is 1. The van der Waals surface area contributed by atoms with Crippen LogP contribution in [0, 0.1) is 23.7 Å². The smallest absolute Gasteiger partial charge is 0.347 e. The molecule has 0 radical (unpaired) electrons. The van der Waals surface area contributed by atoms with E-state index in [1.807, 2.05) is 0 Å². The fourth-order valence-electron chi connectivity index (χ4n) is 6.00. The van der Waals surface area contributed by atoms with Gasteiger partial charge in [-0.2, -0.15) is 13.2 Å². The van der Waals surface area contributed by atoms with Crippen molar-refractivity contribution >= 4 is 5.91 Å². The number of hydrogen-bond acceptors (Lipinski definition) is 6. The van der Waals surface area contributed by atoms with Crippen molar-refractivity contribution in [1.82, 2.24) is 26.0 Å². The summed E-state index contributed by atoms with van der Waals surface area (Å²) >= 11 is 0. The molecule has 2 aliphatic heterocycles. The lowest BCUT2D eigenvalue weighted by Crippen LogP contribution is -2.62. The summed E-state index contributed by atoms with van der Waals surface area (Å²) in [6.45, 7) is 6.05. The van der Waals surface area contributed by atoms with Crippen LogP contribution in [0.4, 0.5) is 13.2 Å². The van der Waals surface area contributed by atoms with Crippen LogP contribution < -0.4 is 21.8 Å². The zero-order valence-corrected chi connectivity index (χ0v) is 19.6. The molecule has 1 amide bonds. The number of alkyl halides is 3. The molecule has 32 heavy (non-hydrogen) atoms. The Bertz CT molecular complexity index is 619. The Balaban J connectivity index is 1.70. The maximum atomic E-state index is 12.9. The molecule has 6 unspecified atom stereocenters. The third-order valence-corrected chi connectivity index (χ3v) is 7.45. The summed E-state index contributed by atoms with van der Waals surface area (Å²) in [7, 11) is 2.10. The van der Waals surface area contributed by atoms with Crippen LogP contribution >= 0.6 is 0 Å². The molecule has 0 spiro atoms. The van der Waals surface area contributed by atoms with E-state index in [0.717, 1.165) is 32.4 Å². The highest BCUT2D eigenvalue weighted by Gasteiger charge is 2.49. The number of nitrogens with zero attached hydrogens (tertiary/aromatic N) is 2. The summed E-state index contributed by atoms with van der Waals surface area (Å²) < 4.78 is 38.2. The van der Waals surface area contributed by atoms with Crippen LogP contribution in [0.25, 0.3) is 0 Å². The lowest BCUT2D eigenvalue weighted by atomic mass is 9.71. The van der Waals surface area contributed by atoms with Crippen molar-refractivity contribution in [3.63, 3.8) is 0 Å². The van der Waals surface area contributed by atoms with E-state index in [-0.39, 0.29) is 24.2 Å². The van der Waals surface area contributed by atoms with Crippen LogP contribution in [0.15, 0.2) is 0 Å². The number of nitrogens with two attached hydrogens (primary N) is 1. The highest BCUT2D eigenvalue weighted by molar-refractivity contribution is 5.79. The Labute approximate surface area is 190 Å². The highest BCUT2D eigenvalue weighted by atomic mass is 19.4. The predicted octanol–water partition coefficient (Wildman–Crippen LogP) is 1.51. The van der Waals surface area contributed by atoms with Crippen LogP contribution in [-0.2, 0) is 4.79 Å². The first-order valence-corrected chi connectivity index (χ1v) is 12.1. The van der Waals surface area contributed by atoms with Crippen molar-refractivity contribution < 1.29 is 18.0 Å². The lowest BCUT2D eigenvalue weighted by Gasteiger charge is -2.46. The van der Waals surface area contributed by atoms with E-state index in [4.69, 9.17) is 5.73 Å². The van der Waals surface area contributed by atoms with Gasteiger partial charge in [0.15, 0.2) is 0 Å². The van der Waals surface area contributed by atoms with Crippen molar-refractivity contribution in [3.05, 3.63) is 0 Å². The van der Waals surface area contributed by atoms with Gasteiger partial charge in [0.1, 0.15) is 6.54 Å². The van der Waals surface area contributed by atoms with E-state index >= 15 is 0 Å². The third-order valence-electron chi connectivity index (χ3n) is 7.45. The summed E-state index contributed by atoms with van der Waals surface area (Å²) in [5, 5.41) is 8.10. The molecule has 0 aromatic carbocycles. The topological polar surface area (TPSA) is 85.7 Å². The quantitative estimate of drug-likeness (QED) is 0.438. The Morgan fingerprint density at radius 3 is 2.69 bits per heavy atom. The summed E-state index contributed by atoms with van der Waals surface area (Å²) in [5.41, 5.74) is 9.07. The summed E-state index contributed by atoms with van der Waals surface area (Å²) in [4.78, 5) is 15.2. The van der Waals surface area contributed by atoms with Crippen LogP contribution in [-0.4, -0.2) is 80.0 Å². The molecule has 0 bridgehead atoms. The number of amides is 1. The van der Waals surface area contributed by atoms with Crippen molar-refractivity contribution in [2.45, 2.75) is 70.4 Å². The number of nitrogens with one attached hydrogen (secondary N) is 3. The molecular formula is C22H41F3N6O. The summed E-state index contributed by atoms with van der Waals surface area (Å²) in [6.07, 6.45) is 0.665. The molecule has 7 nitrogen and oxygen atoms in total.